The van der Waals surface area contributed by atoms with Crippen LogP contribution < -0.4 is 10.1 Å². The summed E-state index contributed by atoms with van der Waals surface area (Å²) in [6, 6.07) is 20.3. The van der Waals surface area contributed by atoms with Crippen LogP contribution in [0.15, 0.2) is 66.7 Å². The highest BCUT2D eigenvalue weighted by Gasteiger charge is 2.23. The third-order valence-electron chi connectivity index (χ3n) is 6.43. The van der Waals surface area contributed by atoms with Crippen LogP contribution in [0, 0.1) is 0 Å². The molecule has 7 nitrogen and oxygen atoms in total. The zero-order valence-electron chi connectivity index (χ0n) is 20.1. The van der Waals surface area contributed by atoms with Gasteiger partial charge in [-0.3, -0.25) is 9.59 Å². The van der Waals surface area contributed by atoms with Crippen LogP contribution in [0.4, 0.5) is 0 Å². The summed E-state index contributed by atoms with van der Waals surface area (Å²) in [5, 5.41) is 12.7. The second-order valence-corrected chi connectivity index (χ2v) is 9.47. The summed E-state index contributed by atoms with van der Waals surface area (Å²) in [5.41, 5.74) is 5.14. The summed E-state index contributed by atoms with van der Waals surface area (Å²) in [4.78, 5) is 33.8. The number of halogens is 1. The Morgan fingerprint density at radius 1 is 1.00 bits per heavy atom. The van der Waals surface area contributed by atoms with E-state index in [1.807, 2.05) is 42.5 Å². The first-order valence-corrected chi connectivity index (χ1v) is 12.7. The number of carbonyl (C=O) groups is 2. The number of benzene rings is 3. The van der Waals surface area contributed by atoms with E-state index in [-0.39, 0.29) is 18.4 Å². The highest BCUT2D eigenvalue weighted by Crippen LogP contribution is 2.32. The Kier molecular flexibility index (Phi) is 7.32. The molecule has 2 heterocycles. The van der Waals surface area contributed by atoms with E-state index in [1.165, 1.54) is 0 Å². The van der Waals surface area contributed by atoms with Crippen LogP contribution >= 0.6 is 11.6 Å². The predicted octanol–water partition coefficient (Wildman–Crippen LogP) is 6.00. The van der Waals surface area contributed by atoms with E-state index >= 15 is 0 Å². The number of carboxylic acids is 1. The topological polar surface area (TPSA) is 101 Å². The van der Waals surface area contributed by atoms with Crippen molar-refractivity contribution in [2.45, 2.75) is 38.1 Å². The summed E-state index contributed by atoms with van der Waals surface area (Å²) in [6.07, 6.45) is 2.59. The Bertz CT molecular complexity index is 1460. The molecule has 0 saturated carbocycles. The largest absolute Gasteiger partial charge is 0.493 e. The Morgan fingerprint density at radius 3 is 2.62 bits per heavy atom. The molecule has 1 aromatic heterocycles. The van der Waals surface area contributed by atoms with Gasteiger partial charge in [-0.1, -0.05) is 41.9 Å². The number of nitrogens with one attached hydrogen (secondary N) is 1. The van der Waals surface area contributed by atoms with E-state index < -0.39 is 5.97 Å². The summed E-state index contributed by atoms with van der Waals surface area (Å²) in [7, 11) is 0. The molecule has 0 radical (unpaired) electrons. The molecule has 1 atom stereocenters. The molecule has 1 aliphatic rings. The monoisotopic (exact) mass is 515 g/mol. The van der Waals surface area contributed by atoms with Gasteiger partial charge in [0.25, 0.3) is 5.91 Å². The van der Waals surface area contributed by atoms with Crippen LogP contribution in [0.25, 0.3) is 22.3 Å². The Morgan fingerprint density at radius 2 is 1.81 bits per heavy atom. The molecule has 0 fully saturated rings. The Balaban J connectivity index is 1.43. The maximum atomic E-state index is 13.2. The minimum Gasteiger partial charge on any atom is -0.493 e. The van der Waals surface area contributed by atoms with E-state index in [1.54, 1.807) is 24.3 Å². The molecule has 0 aliphatic carbocycles. The molecule has 3 aromatic carbocycles. The van der Waals surface area contributed by atoms with Gasteiger partial charge in [-0.25, -0.2) is 9.97 Å². The number of para-hydroxylation sites is 1. The number of carboxylic acid groups (broad SMARTS) is 1. The quantitative estimate of drug-likeness (QED) is 0.279. The number of ether oxygens (including phenoxy) is 1. The number of hydrogen-bond donors (Lipinski definition) is 2. The van der Waals surface area contributed by atoms with Crippen molar-refractivity contribution in [1.29, 1.82) is 0 Å². The maximum Gasteiger partial charge on any atom is 0.303 e. The minimum atomic E-state index is -0.815. The van der Waals surface area contributed by atoms with E-state index in [0.29, 0.717) is 53.9 Å². The van der Waals surface area contributed by atoms with Gasteiger partial charge in [0.15, 0.2) is 0 Å². The average molecular weight is 516 g/mol. The summed E-state index contributed by atoms with van der Waals surface area (Å²) >= 11 is 6.07. The number of nitrogens with zero attached hydrogens (tertiary/aromatic N) is 2. The van der Waals surface area contributed by atoms with E-state index in [4.69, 9.17) is 31.4 Å². The van der Waals surface area contributed by atoms with Gasteiger partial charge in [0.05, 0.1) is 35.1 Å². The second kappa shape index (κ2) is 11.0. The SMILES string of the molecule is O=C(O)CCCCc1nc2cc(C(=O)NC3CCOc4ccccc43)ccc2nc1-c1ccc(Cl)cc1. The maximum absolute atomic E-state index is 13.2. The normalized spacial score (nSPS) is 14.6. The van der Waals surface area contributed by atoms with Crippen LogP contribution in [-0.2, 0) is 11.2 Å². The highest BCUT2D eigenvalue weighted by atomic mass is 35.5. The first kappa shape index (κ1) is 24.7. The third-order valence-corrected chi connectivity index (χ3v) is 6.69. The number of aryl methyl sites for hydroxylation is 1. The van der Waals surface area contributed by atoms with Crippen LogP contribution in [0.3, 0.4) is 0 Å². The lowest BCUT2D eigenvalue weighted by molar-refractivity contribution is -0.137. The van der Waals surface area contributed by atoms with Crippen molar-refractivity contribution < 1.29 is 19.4 Å². The lowest BCUT2D eigenvalue weighted by Gasteiger charge is -2.26. The molecule has 188 valence electrons. The predicted molar refractivity (Wildman–Crippen MR) is 142 cm³/mol. The molecule has 8 heteroatoms. The molecular weight excluding hydrogens is 490 g/mol. The van der Waals surface area contributed by atoms with Gasteiger partial charge in [-0.15, -0.1) is 0 Å². The molecule has 5 rings (SSSR count). The minimum absolute atomic E-state index is 0.108. The number of unbranched alkanes of at least 4 members (excludes halogenated alkanes) is 1. The number of aromatic nitrogens is 2. The Labute approximate surface area is 219 Å². The van der Waals surface area contributed by atoms with Gasteiger partial charge in [-0.05, 0) is 55.7 Å². The van der Waals surface area contributed by atoms with Crippen molar-refractivity contribution in [2.75, 3.05) is 6.61 Å². The number of fused-ring (bicyclic) bond motifs is 2. The van der Waals surface area contributed by atoms with Crippen LogP contribution in [-0.4, -0.2) is 33.6 Å². The summed E-state index contributed by atoms with van der Waals surface area (Å²) in [6.45, 7) is 0.546. The van der Waals surface area contributed by atoms with Gasteiger partial charge in [0.2, 0.25) is 0 Å². The van der Waals surface area contributed by atoms with Crippen molar-refractivity contribution in [3.05, 3.63) is 88.6 Å². The number of carbonyl (C=O) groups excluding carboxylic acids is 1. The highest BCUT2D eigenvalue weighted by molar-refractivity contribution is 6.30. The molecular formula is C29H26ClN3O4. The zero-order valence-corrected chi connectivity index (χ0v) is 20.9. The van der Waals surface area contributed by atoms with E-state index in [2.05, 4.69) is 5.32 Å². The molecule has 0 saturated heterocycles. The van der Waals surface area contributed by atoms with Crippen molar-refractivity contribution >= 4 is 34.5 Å². The van der Waals surface area contributed by atoms with Gasteiger partial charge in [0, 0.05) is 34.6 Å². The number of aliphatic carboxylic acids is 1. The molecule has 1 aliphatic heterocycles. The van der Waals surface area contributed by atoms with Crippen molar-refractivity contribution in [1.82, 2.24) is 15.3 Å². The van der Waals surface area contributed by atoms with E-state index in [9.17, 15) is 9.59 Å². The van der Waals surface area contributed by atoms with Gasteiger partial charge >= 0.3 is 5.97 Å². The molecule has 1 unspecified atom stereocenters. The summed E-state index contributed by atoms with van der Waals surface area (Å²) in [5.74, 6) is -0.203. The van der Waals surface area contributed by atoms with Crippen LogP contribution in [0.1, 0.15) is 53.3 Å². The molecule has 4 aromatic rings. The average Bonchev–Trinajstić information content (AvgIpc) is 2.91. The fourth-order valence-corrected chi connectivity index (χ4v) is 4.67. The lowest BCUT2D eigenvalue weighted by atomic mass is 10.00. The van der Waals surface area contributed by atoms with Crippen molar-refractivity contribution in [3.63, 3.8) is 0 Å². The molecule has 0 bridgehead atoms. The number of rotatable bonds is 8. The first-order valence-electron chi connectivity index (χ1n) is 12.3. The molecule has 37 heavy (non-hydrogen) atoms. The second-order valence-electron chi connectivity index (χ2n) is 9.03. The molecule has 2 N–H and O–H groups in total. The fraction of sp³-hybridized carbons (Fsp3) is 0.241. The third kappa shape index (κ3) is 5.73. The summed E-state index contributed by atoms with van der Waals surface area (Å²) < 4.78 is 5.71. The fourth-order valence-electron chi connectivity index (χ4n) is 4.55. The number of amides is 1. The number of hydrogen-bond acceptors (Lipinski definition) is 5. The van der Waals surface area contributed by atoms with Crippen LogP contribution in [0.5, 0.6) is 5.75 Å². The Hall–Kier alpha value is -3.97. The molecule has 1 amide bonds. The van der Waals surface area contributed by atoms with Gasteiger partial charge in [0.1, 0.15) is 5.75 Å². The van der Waals surface area contributed by atoms with Crippen LogP contribution in [0.2, 0.25) is 5.02 Å². The molecule has 0 spiro atoms. The first-order chi connectivity index (χ1) is 18.0. The van der Waals surface area contributed by atoms with Crippen molar-refractivity contribution in [3.8, 4) is 17.0 Å². The lowest BCUT2D eigenvalue weighted by Crippen LogP contribution is -2.32. The standard InChI is InChI=1S/C29H26ClN3O4/c30-20-12-9-18(10-13-20)28-24(6-2-4-8-27(34)35)31-25-17-19(11-14-23(25)32-28)29(36)33-22-15-16-37-26-7-3-1-5-21(22)26/h1,3,5,7,9-14,17,22H,2,4,6,8,15-16H2,(H,33,36)(H,34,35). The van der Waals surface area contributed by atoms with E-state index in [0.717, 1.165) is 28.3 Å². The van der Waals surface area contributed by atoms with Gasteiger partial charge < -0.3 is 15.2 Å². The van der Waals surface area contributed by atoms with Crippen molar-refractivity contribution in [2.24, 2.45) is 0 Å². The zero-order chi connectivity index (χ0) is 25.8. The smallest absolute Gasteiger partial charge is 0.303 e. The van der Waals surface area contributed by atoms with Gasteiger partial charge in [-0.2, -0.15) is 0 Å².